The fraction of sp³-hybridized carbons (Fsp3) is 0.0938. The van der Waals surface area contributed by atoms with Crippen molar-refractivity contribution in [2.24, 2.45) is 0 Å². The van der Waals surface area contributed by atoms with Gasteiger partial charge in [0.1, 0.15) is 33.5 Å². The molecule has 0 atom stereocenters. The van der Waals surface area contributed by atoms with Crippen LogP contribution in [0.4, 0.5) is 34.1 Å². The highest BCUT2D eigenvalue weighted by molar-refractivity contribution is 6.30. The summed E-state index contributed by atoms with van der Waals surface area (Å²) in [5.74, 6) is 0. The standard InChI is InChI=1S/C64H44N4O3/c1-63(2)50-11-7-5-9-43(50)45-17-13-39(33-52(45)63)67(37-25-29-65-30-26-37)41-15-19-47-57(35-41)69-54-23-24-55-60(59(47)54)49-21-22-56-61(62(49)71-55)48-20-16-42(36-58(48)70-56)68(38-27-31-66-32-28-38)40-14-18-46-44-10-6-8-12-51(44)64(3,4)53(46)34-40/h5-36H,1-4H3. The van der Waals surface area contributed by atoms with Crippen LogP contribution in [0, 0.1) is 0 Å². The summed E-state index contributed by atoms with van der Waals surface area (Å²) in [6.45, 7) is 9.29. The lowest BCUT2D eigenvalue weighted by Crippen LogP contribution is -2.16. The van der Waals surface area contributed by atoms with E-state index >= 15 is 0 Å². The molecule has 71 heavy (non-hydrogen) atoms. The highest BCUT2D eigenvalue weighted by Gasteiger charge is 2.37. The van der Waals surface area contributed by atoms with E-state index in [0.29, 0.717) is 0 Å². The molecule has 7 nitrogen and oxygen atoms in total. The van der Waals surface area contributed by atoms with Gasteiger partial charge < -0.3 is 23.1 Å². The molecule has 0 spiro atoms. The second-order valence-corrected chi connectivity index (χ2v) is 20.2. The van der Waals surface area contributed by atoms with E-state index in [1.807, 2.05) is 36.9 Å². The van der Waals surface area contributed by atoms with Crippen LogP contribution >= 0.6 is 0 Å². The Labute approximate surface area is 408 Å². The van der Waals surface area contributed by atoms with Crippen LogP contribution in [-0.4, -0.2) is 9.97 Å². The Morgan fingerprint density at radius 1 is 0.324 bits per heavy atom. The molecular weight excluding hydrogens is 873 g/mol. The molecule has 338 valence electrons. The van der Waals surface area contributed by atoms with Gasteiger partial charge in [0.15, 0.2) is 0 Å². The van der Waals surface area contributed by atoms with Crippen molar-refractivity contribution in [3.63, 3.8) is 0 Å². The maximum Gasteiger partial charge on any atom is 0.147 e. The van der Waals surface area contributed by atoms with Gasteiger partial charge in [0, 0.05) is 109 Å². The summed E-state index contributed by atoms with van der Waals surface area (Å²) in [5.41, 5.74) is 21.1. The first-order valence-electron chi connectivity index (χ1n) is 24.3. The molecule has 5 heterocycles. The quantitative estimate of drug-likeness (QED) is 0.165. The molecule has 0 fully saturated rings. The first-order valence-corrected chi connectivity index (χ1v) is 24.3. The average molecular weight is 917 g/mol. The summed E-state index contributed by atoms with van der Waals surface area (Å²) in [6, 6.07) is 60.8. The van der Waals surface area contributed by atoms with Crippen molar-refractivity contribution < 1.29 is 13.3 Å². The first kappa shape index (κ1) is 40.0. The van der Waals surface area contributed by atoms with Crippen molar-refractivity contribution >= 4 is 99.9 Å². The Bertz CT molecular complexity index is 4370. The molecule has 2 aliphatic carbocycles. The lowest BCUT2D eigenvalue weighted by atomic mass is 9.82. The highest BCUT2D eigenvalue weighted by atomic mass is 16.3. The summed E-state index contributed by atoms with van der Waals surface area (Å²) < 4.78 is 20.4. The molecule has 0 saturated carbocycles. The number of hydrogen-bond acceptors (Lipinski definition) is 7. The molecular formula is C64H44N4O3. The van der Waals surface area contributed by atoms with E-state index in [-0.39, 0.29) is 10.8 Å². The van der Waals surface area contributed by atoms with Gasteiger partial charge in [0.25, 0.3) is 0 Å². The predicted octanol–water partition coefficient (Wildman–Crippen LogP) is 17.7. The Hall–Kier alpha value is -8.94. The SMILES string of the molecule is CC1(C)c2ccccc2-c2ccc(N(c3ccncc3)c3ccc4c(c3)oc3ccc5c(oc6ccc7oc8cc(N(c9ccncc9)c9ccc%10c(c9)C(C)(C)c9ccccc9-%10)ccc8c7c65)c34)cc21. The number of aromatic nitrogens is 2. The molecule has 0 bridgehead atoms. The first-order chi connectivity index (χ1) is 34.7. The van der Waals surface area contributed by atoms with Gasteiger partial charge in [0.05, 0.1) is 5.39 Å². The predicted molar refractivity (Wildman–Crippen MR) is 288 cm³/mol. The Kier molecular flexibility index (Phi) is 8.06. The molecule has 13 aromatic rings. The van der Waals surface area contributed by atoms with Crippen molar-refractivity contribution in [1.82, 2.24) is 9.97 Å². The molecule has 5 aromatic heterocycles. The summed E-state index contributed by atoms with van der Waals surface area (Å²) in [6.07, 6.45) is 7.39. The van der Waals surface area contributed by atoms with Gasteiger partial charge in [-0.1, -0.05) is 88.4 Å². The van der Waals surface area contributed by atoms with E-state index in [0.717, 1.165) is 99.9 Å². The number of pyridine rings is 2. The topological polar surface area (TPSA) is 71.7 Å². The molecule has 0 aliphatic heterocycles. The smallest absolute Gasteiger partial charge is 0.147 e. The summed E-state index contributed by atoms with van der Waals surface area (Å²) >= 11 is 0. The minimum absolute atomic E-state index is 0.138. The van der Waals surface area contributed by atoms with E-state index in [1.165, 1.54) is 44.5 Å². The van der Waals surface area contributed by atoms with Gasteiger partial charge in [-0.2, -0.15) is 0 Å². The average Bonchev–Trinajstić information content (AvgIpc) is 4.18. The van der Waals surface area contributed by atoms with E-state index in [2.05, 4.69) is 205 Å². The van der Waals surface area contributed by atoms with Crippen LogP contribution in [0.1, 0.15) is 49.9 Å². The van der Waals surface area contributed by atoms with Crippen LogP contribution in [-0.2, 0) is 10.8 Å². The Morgan fingerprint density at radius 2 is 0.718 bits per heavy atom. The summed E-state index contributed by atoms with van der Waals surface area (Å²) in [5, 5.41) is 6.02. The number of hydrogen-bond donors (Lipinski definition) is 0. The number of fused-ring (bicyclic) bond motifs is 17. The van der Waals surface area contributed by atoms with Crippen LogP contribution in [0.2, 0.25) is 0 Å². The molecule has 0 N–H and O–H groups in total. The molecule has 0 saturated heterocycles. The van der Waals surface area contributed by atoms with Crippen molar-refractivity contribution in [1.29, 1.82) is 0 Å². The van der Waals surface area contributed by atoms with E-state index < -0.39 is 0 Å². The minimum Gasteiger partial charge on any atom is -0.456 e. The van der Waals surface area contributed by atoms with Crippen molar-refractivity contribution in [2.75, 3.05) is 9.80 Å². The Balaban J connectivity index is 0.849. The third-order valence-electron chi connectivity index (χ3n) is 15.6. The molecule has 15 rings (SSSR count). The number of furan rings is 3. The van der Waals surface area contributed by atoms with E-state index in [1.54, 1.807) is 0 Å². The third kappa shape index (κ3) is 5.60. The zero-order valence-corrected chi connectivity index (χ0v) is 39.5. The zero-order chi connectivity index (χ0) is 47.3. The lowest BCUT2D eigenvalue weighted by molar-refractivity contribution is 0.660. The van der Waals surface area contributed by atoms with Gasteiger partial charge >= 0.3 is 0 Å². The number of rotatable bonds is 6. The van der Waals surface area contributed by atoms with Gasteiger partial charge in [0.2, 0.25) is 0 Å². The summed E-state index contributed by atoms with van der Waals surface area (Å²) in [4.78, 5) is 13.3. The molecule has 0 amide bonds. The van der Waals surface area contributed by atoms with E-state index in [4.69, 9.17) is 13.3 Å². The number of benzene rings is 8. The normalized spacial score (nSPS) is 14.1. The van der Waals surface area contributed by atoms with Crippen LogP contribution in [0.5, 0.6) is 0 Å². The maximum atomic E-state index is 6.88. The van der Waals surface area contributed by atoms with Crippen molar-refractivity contribution in [3.05, 3.63) is 217 Å². The number of nitrogens with zero attached hydrogens (tertiary/aromatic N) is 4. The third-order valence-corrected chi connectivity index (χ3v) is 15.6. The second-order valence-electron chi connectivity index (χ2n) is 20.2. The molecule has 7 heteroatoms. The summed E-state index contributed by atoms with van der Waals surface area (Å²) in [7, 11) is 0. The van der Waals surface area contributed by atoms with E-state index in [9.17, 15) is 0 Å². The minimum atomic E-state index is -0.139. The van der Waals surface area contributed by atoms with Gasteiger partial charge in [-0.3, -0.25) is 9.97 Å². The fourth-order valence-electron chi connectivity index (χ4n) is 12.2. The van der Waals surface area contributed by atoms with Crippen LogP contribution in [0.3, 0.4) is 0 Å². The molecule has 0 unspecified atom stereocenters. The van der Waals surface area contributed by atoms with Crippen LogP contribution < -0.4 is 9.80 Å². The van der Waals surface area contributed by atoms with Gasteiger partial charge in [-0.25, -0.2) is 0 Å². The Morgan fingerprint density at radius 3 is 1.25 bits per heavy atom. The highest BCUT2D eigenvalue weighted by Crippen LogP contribution is 2.53. The van der Waals surface area contributed by atoms with Crippen LogP contribution in [0.25, 0.3) is 88.1 Å². The maximum absolute atomic E-state index is 6.88. The number of anilines is 6. The molecule has 0 radical (unpaired) electrons. The fourth-order valence-corrected chi connectivity index (χ4v) is 12.2. The second kappa shape index (κ2) is 14.3. The molecule has 8 aromatic carbocycles. The van der Waals surface area contributed by atoms with Crippen LogP contribution in [0.15, 0.2) is 208 Å². The van der Waals surface area contributed by atoms with Gasteiger partial charge in [-0.05, 0) is 142 Å². The van der Waals surface area contributed by atoms with Crippen molar-refractivity contribution in [2.45, 2.75) is 38.5 Å². The monoisotopic (exact) mass is 916 g/mol. The zero-order valence-electron chi connectivity index (χ0n) is 39.5. The van der Waals surface area contributed by atoms with Crippen molar-refractivity contribution in [3.8, 4) is 22.3 Å². The van der Waals surface area contributed by atoms with Gasteiger partial charge in [-0.15, -0.1) is 0 Å². The lowest BCUT2D eigenvalue weighted by Gasteiger charge is -2.28. The largest absolute Gasteiger partial charge is 0.456 e. The molecule has 2 aliphatic rings.